The van der Waals surface area contributed by atoms with Crippen LogP contribution in [0.5, 0.6) is 0 Å². The van der Waals surface area contributed by atoms with Gasteiger partial charge in [0, 0.05) is 6.61 Å². The van der Waals surface area contributed by atoms with Crippen LogP contribution in [-0.4, -0.2) is 26.6 Å². The van der Waals surface area contributed by atoms with Gasteiger partial charge < -0.3 is 9.53 Å². The van der Waals surface area contributed by atoms with Gasteiger partial charge in [-0.2, -0.15) is 0 Å². The van der Waals surface area contributed by atoms with Gasteiger partial charge in [-0.25, -0.2) is 0 Å². The monoisotopic (exact) mass is 394 g/mol. The lowest BCUT2D eigenvalue weighted by molar-refractivity contribution is 0.293. The van der Waals surface area contributed by atoms with Crippen LogP contribution < -0.4 is 10.4 Å². The summed E-state index contributed by atoms with van der Waals surface area (Å²) in [4.78, 5) is 0. The Morgan fingerprint density at radius 1 is 0.964 bits per heavy atom. The van der Waals surface area contributed by atoms with E-state index in [1.54, 1.807) is 0 Å². The van der Waals surface area contributed by atoms with E-state index in [2.05, 4.69) is 87.5 Å². The average molecular weight is 395 g/mol. The van der Waals surface area contributed by atoms with Crippen molar-refractivity contribution < 1.29 is 9.53 Å². The fraction of sp³-hybridized carbons (Fsp3) is 0.360. The number of aliphatic hydroxyl groups is 1. The largest absolute Gasteiger partial charge is 0.407 e. The fourth-order valence-electron chi connectivity index (χ4n) is 3.57. The van der Waals surface area contributed by atoms with E-state index in [1.807, 2.05) is 19.1 Å². The number of hydrogen-bond acceptors (Lipinski definition) is 2. The molecule has 1 N–H and O–H groups in total. The van der Waals surface area contributed by atoms with Gasteiger partial charge in [-0.15, -0.1) is 0 Å². The number of allylic oxidation sites excluding steroid dienone is 3. The van der Waals surface area contributed by atoms with Crippen LogP contribution in [0.4, 0.5) is 0 Å². The number of hydrogen-bond donors (Lipinski definition) is 1. The van der Waals surface area contributed by atoms with Crippen molar-refractivity contribution in [3.63, 3.8) is 0 Å². The van der Waals surface area contributed by atoms with Gasteiger partial charge in [0.05, 0.1) is 6.61 Å². The zero-order valence-electron chi connectivity index (χ0n) is 17.7. The summed E-state index contributed by atoms with van der Waals surface area (Å²) in [6.45, 7) is 9.70. The number of benzene rings is 2. The number of aliphatic hydroxyl groups excluding tert-OH is 1. The van der Waals surface area contributed by atoms with Crippen LogP contribution in [0, 0.1) is 0 Å². The van der Waals surface area contributed by atoms with Gasteiger partial charge in [0.1, 0.15) is 0 Å². The Kier molecular flexibility index (Phi) is 8.43. The summed E-state index contributed by atoms with van der Waals surface area (Å²) in [7, 11) is -2.41. The molecule has 28 heavy (non-hydrogen) atoms. The molecule has 0 aliphatic heterocycles. The van der Waals surface area contributed by atoms with Crippen LogP contribution in [0.2, 0.25) is 5.04 Å². The molecule has 3 heteroatoms. The van der Waals surface area contributed by atoms with Crippen LogP contribution in [0.25, 0.3) is 0 Å². The molecule has 0 atom stereocenters. The fourth-order valence-corrected chi connectivity index (χ4v) is 8.18. The number of rotatable bonds is 9. The van der Waals surface area contributed by atoms with Gasteiger partial charge in [-0.1, -0.05) is 99.7 Å². The third-order valence-corrected chi connectivity index (χ3v) is 10.1. The third kappa shape index (κ3) is 5.54. The van der Waals surface area contributed by atoms with Crippen molar-refractivity contribution in [3.05, 3.63) is 84.5 Å². The molecule has 0 aliphatic rings. The maximum Gasteiger partial charge on any atom is 0.261 e. The van der Waals surface area contributed by atoms with Crippen molar-refractivity contribution in [3.8, 4) is 0 Å². The minimum Gasteiger partial charge on any atom is -0.407 e. The third-order valence-electron chi connectivity index (χ3n) is 5.02. The van der Waals surface area contributed by atoms with E-state index in [-0.39, 0.29) is 11.6 Å². The molecular weight excluding hydrogens is 360 g/mol. The van der Waals surface area contributed by atoms with Crippen molar-refractivity contribution in [1.29, 1.82) is 0 Å². The van der Waals surface area contributed by atoms with Gasteiger partial charge in [0.25, 0.3) is 8.32 Å². The zero-order chi connectivity index (χ0) is 20.5. The summed E-state index contributed by atoms with van der Waals surface area (Å²) in [5.74, 6) is 0. The Labute approximate surface area is 171 Å². The Morgan fingerprint density at radius 2 is 1.50 bits per heavy atom. The highest BCUT2D eigenvalue weighted by molar-refractivity contribution is 6.99. The van der Waals surface area contributed by atoms with E-state index in [0.29, 0.717) is 0 Å². The Hall–Kier alpha value is -1.94. The molecule has 2 aromatic carbocycles. The molecule has 0 bridgehead atoms. The van der Waals surface area contributed by atoms with Gasteiger partial charge in [0.15, 0.2) is 0 Å². The Morgan fingerprint density at radius 3 is 1.96 bits per heavy atom. The van der Waals surface area contributed by atoms with Crippen LogP contribution >= 0.6 is 0 Å². The first kappa shape index (κ1) is 22.3. The smallest absolute Gasteiger partial charge is 0.261 e. The van der Waals surface area contributed by atoms with Crippen molar-refractivity contribution in [2.45, 2.75) is 45.6 Å². The summed E-state index contributed by atoms with van der Waals surface area (Å²) in [6, 6.07) is 21.5. The van der Waals surface area contributed by atoms with Crippen LogP contribution in [0.3, 0.4) is 0 Å². The molecule has 0 unspecified atom stereocenters. The van der Waals surface area contributed by atoms with E-state index < -0.39 is 8.32 Å². The lowest BCUT2D eigenvalue weighted by atomic mass is 10.2. The highest BCUT2D eigenvalue weighted by Crippen LogP contribution is 2.36. The van der Waals surface area contributed by atoms with Crippen LogP contribution in [-0.2, 0) is 4.43 Å². The molecule has 0 spiro atoms. The average Bonchev–Trinajstić information content (AvgIpc) is 2.70. The van der Waals surface area contributed by atoms with Crippen molar-refractivity contribution in [2.75, 3.05) is 13.2 Å². The topological polar surface area (TPSA) is 29.5 Å². The minimum atomic E-state index is -2.41. The van der Waals surface area contributed by atoms with E-state index in [0.717, 1.165) is 25.0 Å². The first-order valence-corrected chi connectivity index (χ1v) is 12.0. The van der Waals surface area contributed by atoms with E-state index in [4.69, 9.17) is 9.53 Å². The lowest BCUT2D eigenvalue weighted by Gasteiger charge is -2.43. The second kappa shape index (κ2) is 10.6. The van der Waals surface area contributed by atoms with Crippen molar-refractivity contribution >= 4 is 18.7 Å². The molecule has 0 saturated heterocycles. The molecular formula is C25H34O2Si. The molecule has 0 heterocycles. The highest BCUT2D eigenvalue weighted by Gasteiger charge is 2.49. The SMILES string of the molecule is C/C(=C\C=C\CCCO[Si](c1ccccc1)(c1ccccc1)C(C)(C)C)CO. The van der Waals surface area contributed by atoms with Gasteiger partial charge in [0.2, 0.25) is 0 Å². The molecule has 0 amide bonds. The van der Waals surface area contributed by atoms with Crippen molar-refractivity contribution in [2.24, 2.45) is 0 Å². The quantitative estimate of drug-likeness (QED) is 0.375. The lowest BCUT2D eigenvalue weighted by Crippen LogP contribution is -2.66. The predicted octanol–water partition coefficient (Wildman–Crippen LogP) is 4.84. The van der Waals surface area contributed by atoms with Gasteiger partial charge in [-0.3, -0.25) is 0 Å². The molecule has 150 valence electrons. The second-order valence-electron chi connectivity index (χ2n) is 8.25. The summed E-state index contributed by atoms with van der Waals surface area (Å²) in [6.07, 6.45) is 8.08. The molecule has 0 saturated carbocycles. The minimum absolute atomic E-state index is 0.0204. The molecule has 0 fully saturated rings. The molecule has 2 nitrogen and oxygen atoms in total. The van der Waals surface area contributed by atoms with E-state index in [1.165, 1.54) is 10.4 Å². The summed E-state index contributed by atoms with van der Waals surface area (Å²) < 4.78 is 6.86. The molecule has 0 aliphatic carbocycles. The van der Waals surface area contributed by atoms with Crippen LogP contribution in [0.1, 0.15) is 40.5 Å². The van der Waals surface area contributed by atoms with Gasteiger partial charge in [-0.05, 0) is 40.8 Å². The normalized spacial score (nSPS) is 13.2. The second-order valence-corrected chi connectivity index (χ2v) is 12.6. The Balaban J connectivity index is 2.22. The van der Waals surface area contributed by atoms with E-state index in [9.17, 15) is 0 Å². The van der Waals surface area contributed by atoms with Gasteiger partial charge >= 0.3 is 0 Å². The molecule has 0 radical (unpaired) electrons. The summed E-state index contributed by atoms with van der Waals surface area (Å²) in [5.41, 5.74) is 0.972. The standard InChI is InChI=1S/C25H34O2Si/c1-22(21-26)15-9-5-6-14-20-27-28(25(2,3)4,23-16-10-7-11-17-23)24-18-12-8-13-19-24/h5,7-13,15-19,26H,6,14,20-21H2,1-4H3/b9-5+,22-15+. The number of unbranched alkanes of at least 4 members (excludes halogenated alkanes) is 1. The first-order chi connectivity index (χ1) is 13.4. The highest BCUT2D eigenvalue weighted by atomic mass is 28.4. The Bertz CT molecular complexity index is 719. The van der Waals surface area contributed by atoms with Crippen LogP contribution in [0.15, 0.2) is 84.5 Å². The predicted molar refractivity (Wildman–Crippen MR) is 123 cm³/mol. The molecule has 2 rings (SSSR count). The maximum absolute atomic E-state index is 9.04. The zero-order valence-corrected chi connectivity index (χ0v) is 18.7. The van der Waals surface area contributed by atoms with Crippen molar-refractivity contribution in [1.82, 2.24) is 0 Å². The molecule has 2 aromatic rings. The molecule has 0 aromatic heterocycles. The maximum atomic E-state index is 9.04. The summed E-state index contributed by atoms with van der Waals surface area (Å²) >= 11 is 0. The summed E-state index contributed by atoms with van der Waals surface area (Å²) in [5, 5.41) is 11.7. The van der Waals surface area contributed by atoms with E-state index >= 15 is 0 Å². The first-order valence-electron chi connectivity index (χ1n) is 10.1.